The second kappa shape index (κ2) is 7.30. The van der Waals surface area contributed by atoms with Crippen molar-refractivity contribution in [1.82, 2.24) is 5.32 Å². The molecule has 3 rings (SSSR count). The van der Waals surface area contributed by atoms with Gasteiger partial charge in [-0.05, 0) is 42.5 Å². The van der Waals surface area contributed by atoms with Crippen molar-refractivity contribution >= 4 is 5.91 Å². The van der Waals surface area contributed by atoms with Crippen LogP contribution in [0.4, 0.5) is 17.6 Å². The summed E-state index contributed by atoms with van der Waals surface area (Å²) >= 11 is 0. The van der Waals surface area contributed by atoms with Crippen LogP contribution in [0, 0.1) is 0 Å². The monoisotopic (exact) mass is 381 g/mol. The number of halogens is 4. The van der Waals surface area contributed by atoms with Gasteiger partial charge in [-0.2, -0.15) is 13.2 Å². The summed E-state index contributed by atoms with van der Waals surface area (Å²) in [5, 5.41) is 2.50. The molecule has 1 N–H and O–H groups in total. The Morgan fingerprint density at radius 1 is 1.19 bits per heavy atom. The van der Waals surface area contributed by atoms with Gasteiger partial charge in [-0.15, -0.1) is 0 Å². The van der Waals surface area contributed by atoms with Gasteiger partial charge in [-0.3, -0.25) is 4.79 Å². The Labute approximate surface area is 152 Å². The number of nitrogens with one attached hydrogen (secondary N) is 1. The Morgan fingerprint density at radius 2 is 1.85 bits per heavy atom. The summed E-state index contributed by atoms with van der Waals surface area (Å²) in [6.45, 7) is 3.08. The molecule has 0 aromatic heterocycles. The first-order valence-electron chi connectivity index (χ1n) is 7.97. The number of benzene rings is 2. The van der Waals surface area contributed by atoms with Crippen LogP contribution >= 0.6 is 0 Å². The minimum absolute atomic E-state index is 0.207. The van der Waals surface area contributed by atoms with Crippen LogP contribution in [0.5, 0.6) is 17.2 Å². The Morgan fingerprint density at radius 3 is 2.48 bits per heavy atom. The van der Waals surface area contributed by atoms with Crippen molar-refractivity contribution in [1.29, 1.82) is 0 Å². The summed E-state index contributed by atoms with van der Waals surface area (Å²) in [7, 11) is 0. The van der Waals surface area contributed by atoms with E-state index in [4.69, 9.17) is 9.47 Å². The number of carbonyl (C=O) groups is 1. The lowest BCUT2D eigenvalue weighted by molar-refractivity contribution is -0.137. The number of fused-ring (bicyclic) bond motifs is 1. The van der Waals surface area contributed by atoms with Crippen molar-refractivity contribution < 1.29 is 31.8 Å². The van der Waals surface area contributed by atoms with Crippen LogP contribution in [0.15, 0.2) is 55.1 Å². The second-order valence-electron chi connectivity index (χ2n) is 5.84. The van der Waals surface area contributed by atoms with E-state index in [0.717, 1.165) is 18.2 Å². The van der Waals surface area contributed by atoms with Crippen LogP contribution in [0.3, 0.4) is 0 Å². The molecule has 1 aliphatic rings. The van der Waals surface area contributed by atoms with E-state index in [2.05, 4.69) is 11.9 Å². The molecule has 2 aromatic carbocycles. The minimum atomic E-state index is -4.42. The quantitative estimate of drug-likeness (QED) is 0.623. The Kier molecular flexibility index (Phi) is 5.07. The Balaban J connectivity index is 1.79. The highest BCUT2D eigenvalue weighted by atomic mass is 19.4. The zero-order valence-corrected chi connectivity index (χ0v) is 13.9. The molecule has 1 heterocycles. The van der Waals surface area contributed by atoms with Crippen molar-refractivity contribution in [3.63, 3.8) is 0 Å². The molecule has 2 aromatic rings. The van der Waals surface area contributed by atoms with E-state index < -0.39 is 29.9 Å². The van der Waals surface area contributed by atoms with Crippen LogP contribution in [-0.4, -0.2) is 18.7 Å². The minimum Gasteiger partial charge on any atom is -0.490 e. The summed E-state index contributed by atoms with van der Waals surface area (Å²) in [4.78, 5) is 11.5. The summed E-state index contributed by atoms with van der Waals surface area (Å²) in [6.07, 6.45) is -4.81. The van der Waals surface area contributed by atoms with Gasteiger partial charge in [0, 0.05) is 11.6 Å². The number of amides is 1. The molecule has 8 heteroatoms. The largest absolute Gasteiger partial charge is 0.490 e. The van der Waals surface area contributed by atoms with Gasteiger partial charge in [0.1, 0.15) is 23.9 Å². The molecule has 27 heavy (non-hydrogen) atoms. The molecular weight excluding hydrogens is 366 g/mol. The van der Waals surface area contributed by atoms with Crippen LogP contribution in [-0.2, 0) is 11.0 Å². The zero-order chi connectivity index (χ0) is 19.6. The number of alkyl halides is 4. The average molecular weight is 381 g/mol. The molecule has 4 nitrogen and oxygen atoms in total. The number of hydrogen-bond acceptors (Lipinski definition) is 3. The van der Waals surface area contributed by atoms with E-state index in [0.29, 0.717) is 17.1 Å². The first-order valence-corrected chi connectivity index (χ1v) is 7.97. The molecule has 0 saturated heterocycles. The smallest absolute Gasteiger partial charge is 0.416 e. The third kappa shape index (κ3) is 4.21. The maximum absolute atomic E-state index is 14.1. The van der Waals surface area contributed by atoms with Gasteiger partial charge in [0.05, 0.1) is 11.6 Å². The van der Waals surface area contributed by atoms with Crippen LogP contribution in [0.1, 0.15) is 17.2 Å². The van der Waals surface area contributed by atoms with E-state index in [-0.39, 0.29) is 12.4 Å². The molecule has 1 unspecified atom stereocenters. The Hall–Kier alpha value is -3.03. The molecule has 142 valence electrons. The molecular formula is C19H15F4NO3. The van der Waals surface area contributed by atoms with E-state index >= 15 is 0 Å². The normalized spacial score (nSPS) is 18.8. The van der Waals surface area contributed by atoms with E-state index in [9.17, 15) is 22.4 Å². The summed E-state index contributed by atoms with van der Waals surface area (Å²) in [5.74, 6) is 0.321. The SMILES string of the molecule is C=CC(=O)NC1c2ccc(Oc3ccc(C(F)(F)F)cc3)cc2OC[C@@H]1F. The van der Waals surface area contributed by atoms with Gasteiger partial charge >= 0.3 is 6.18 Å². The molecule has 2 atom stereocenters. The number of hydrogen-bond donors (Lipinski definition) is 1. The van der Waals surface area contributed by atoms with E-state index in [1.807, 2.05) is 0 Å². The molecule has 1 amide bonds. The lowest BCUT2D eigenvalue weighted by atomic mass is 9.99. The highest BCUT2D eigenvalue weighted by molar-refractivity contribution is 5.87. The molecule has 0 fully saturated rings. The number of ether oxygens (including phenoxy) is 2. The van der Waals surface area contributed by atoms with Crippen molar-refractivity contribution in [2.75, 3.05) is 6.61 Å². The molecule has 0 saturated carbocycles. The van der Waals surface area contributed by atoms with Gasteiger partial charge < -0.3 is 14.8 Å². The van der Waals surface area contributed by atoms with Crippen LogP contribution in [0.25, 0.3) is 0 Å². The zero-order valence-electron chi connectivity index (χ0n) is 13.9. The maximum Gasteiger partial charge on any atom is 0.416 e. The fourth-order valence-corrected chi connectivity index (χ4v) is 2.65. The third-order valence-electron chi connectivity index (χ3n) is 3.98. The third-order valence-corrected chi connectivity index (χ3v) is 3.98. The molecule has 0 radical (unpaired) electrons. The van der Waals surface area contributed by atoms with Crippen molar-refractivity contribution in [3.05, 3.63) is 66.2 Å². The van der Waals surface area contributed by atoms with Crippen LogP contribution in [0.2, 0.25) is 0 Å². The van der Waals surface area contributed by atoms with Gasteiger partial charge in [0.25, 0.3) is 0 Å². The first kappa shape index (κ1) is 18.8. The van der Waals surface area contributed by atoms with Crippen molar-refractivity contribution in [3.8, 4) is 17.2 Å². The summed E-state index contributed by atoms with van der Waals surface area (Å²) in [6, 6.07) is 7.89. The summed E-state index contributed by atoms with van der Waals surface area (Å²) < 4.78 is 62.8. The molecule has 1 aliphatic heterocycles. The van der Waals surface area contributed by atoms with E-state index in [1.165, 1.54) is 30.3 Å². The predicted octanol–water partition coefficient (Wildman–Crippen LogP) is 4.57. The standard InChI is InChI=1S/C19H15F4NO3/c1-2-17(25)24-18-14-8-7-13(9-16(14)26-10-15(18)20)27-12-5-3-11(4-6-12)19(21,22)23/h2-9,15,18H,1,10H2,(H,24,25)/t15-,18?/m0/s1. The predicted molar refractivity (Wildman–Crippen MR) is 89.4 cm³/mol. The van der Waals surface area contributed by atoms with Gasteiger partial charge in [0.15, 0.2) is 6.17 Å². The van der Waals surface area contributed by atoms with Crippen LogP contribution < -0.4 is 14.8 Å². The van der Waals surface area contributed by atoms with Gasteiger partial charge in [-0.1, -0.05) is 6.58 Å². The fourth-order valence-electron chi connectivity index (χ4n) is 2.65. The highest BCUT2D eigenvalue weighted by Crippen LogP contribution is 2.38. The van der Waals surface area contributed by atoms with Gasteiger partial charge in [-0.25, -0.2) is 4.39 Å². The van der Waals surface area contributed by atoms with E-state index in [1.54, 1.807) is 0 Å². The lowest BCUT2D eigenvalue weighted by Crippen LogP contribution is -2.39. The molecule has 0 spiro atoms. The maximum atomic E-state index is 14.1. The van der Waals surface area contributed by atoms with Gasteiger partial charge in [0.2, 0.25) is 5.91 Å². The lowest BCUT2D eigenvalue weighted by Gasteiger charge is -2.29. The highest BCUT2D eigenvalue weighted by Gasteiger charge is 2.32. The molecule has 0 aliphatic carbocycles. The number of carbonyl (C=O) groups excluding carboxylic acids is 1. The van der Waals surface area contributed by atoms with Crippen molar-refractivity contribution in [2.45, 2.75) is 18.4 Å². The topological polar surface area (TPSA) is 47.6 Å². The second-order valence-corrected chi connectivity index (χ2v) is 5.84. The first-order chi connectivity index (χ1) is 12.8. The summed E-state index contributed by atoms with van der Waals surface area (Å²) in [5.41, 5.74) is -0.345. The average Bonchev–Trinajstić information content (AvgIpc) is 2.63. The van der Waals surface area contributed by atoms with Crippen molar-refractivity contribution in [2.24, 2.45) is 0 Å². The molecule has 0 bridgehead atoms. The fraction of sp³-hybridized carbons (Fsp3) is 0.211. The Bertz CT molecular complexity index is 849. The number of rotatable bonds is 4.